The molecule has 4 rings (SSSR count). The second-order valence-corrected chi connectivity index (χ2v) is 9.43. The number of hydrogen-bond acceptors (Lipinski definition) is 8. The molecular formula is C25H31FN6O6. The van der Waals surface area contributed by atoms with Crippen LogP contribution in [0.1, 0.15) is 47.9 Å². The number of benzene rings is 1. The number of aromatic amines is 1. The van der Waals surface area contributed by atoms with Crippen LogP contribution >= 0.6 is 0 Å². The minimum atomic E-state index is -1.77. The van der Waals surface area contributed by atoms with Gasteiger partial charge in [0.25, 0.3) is 11.5 Å². The summed E-state index contributed by atoms with van der Waals surface area (Å²) < 4.78 is 28.1. The van der Waals surface area contributed by atoms with Gasteiger partial charge in [0, 0.05) is 38.3 Å². The fraction of sp³-hybridized carbons (Fsp3) is 0.480. The van der Waals surface area contributed by atoms with Gasteiger partial charge in [-0.2, -0.15) is 0 Å². The van der Waals surface area contributed by atoms with Crippen LogP contribution < -0.4 is 16.0 Å². The van der Waals surface area contributed by atoms with E-state index in [-0.39, 0.29) is 37.6 Å². The molecule has 1 fully saturated rings. The van der Waals surface area contributed by atoms with Crippen LogP contribution in [0.5, 0.6) is 5.75 Å². The van der Waals surface area contributed by atoms with E-state index in [0.29, 0.717) is 23.8 Å². The number of carbonyl (C=O) groups excluding carboxylic acids is 1. The number of rotatable bonds is 12. The lowest BCUT2D eigenvalue weighted by molar-refractivity contribution is -0.0163. The zero-order valence-corrected chi connectivity index (χ0v) is 21.5. The first-order chi connectivity index (χ1) is 18.1. The zero-order valence-electron chi connectivity index (χ0n) is 21.5. The van der Waals surface area contributed by atoms with E-state index in [1.807, 2.05) is 0 Å². The molecule has 1 aliphatic carbocycles. The summed E-state index contributed by atoms with van der Waals surface area (Å²) in [5, 5.41) is 20.0. The van der Waals surface area contributed by atoms with Crippen LogP contribution in [0.3, 0.4) is 0 Å². The Morgan fingerprint density at radius 3 is 2.71 bits per heavy atom. The van der Waals surface area contributed by atoms with Crippen molar-refractivity contribution in [2.24, 2.45) is 5.92 Å². The van der Waals surface area contributed by atoms with Crippen LogP contribution in [0.2, 0.25) is 0 Å². The fourth-order valence-electron chi connectivity index (χ4n) is 3.91. The van der Waals surface area contributed by atoms with E-state index >= 15 is 0 Å². The summed E-state index contributed by atoms with van der Waals surface area (Å²) in [4.78, 5) is 39.5. The minimum Gasteiger partial charge on any atom is -0.490 e. The lowest BCUT2D eigenvalue weighted by atomic mass is 9.98. The number of aliphatic hydroxyl groups is 1. The van der Waals surface area contributed by atoms with Crippen molar-refractivity contribution in [2.45, 2.75) is 45.1 Å². The van der Waals surface area contributed by atoms with Gasteiger partial charge in [-0.1, -0.05) is 18.2 Å². The Kier molecular flexibility index (Phi) is 8.07. The molecule has 1 aliphatic rings. The first-order valence-corrected chi connectivity index (χ1v) is 12.3. The molecule has 2 heterocycles. The Morgan fingerprint density at radius 1 is 1.29 bits per heavy atom. The van der Waals surface area contributed by atoms with E-state index in [2.05, 4.69) is 15.3 Å². The zero-order chi connectivity index (χ0) is 27.4. The predicted molar refractivity (Wildman–Crippen MR) is 133 cm³/mol. The number of halogens is 1. The van der Waals surface area contributed by atoms with Crippen LogP contribution in [0.15, 0.2) is 40.1 Å². The minimum absolute atomic E-state index is 0.0269. The molecular weight excluding hydrogens is 499 g/mol. The highest BCUT2D eigenvalue weighted by Gasteiger charge is 2.36. The number of aromatic nitrogens is 5. The molecule has 1 aromatic carbocycles. The van der Waals surface area contributed by atoms with E-state index in [1.54, 1.807) is 21.0 Å². The van der Waals surface area contributed by atoms with Gasteiger partial charge in [-0.05, 0) is 37.3 Å². The summed E-state index contributed by atoms with van der Waals surface area (Å²) in [6.45, 7) is 2.01. The Labute approximate surface area is 217 Å². The van der Waals surface area contributed by atoms with Gasteiger partial charge < -0.3 is 19.5 Å². The van der Waals surface area contributed by atoms with Crippen molar-refractivity contribution in [1.82, 2.24) is 29.4 Å². The second kappa shape index (κ2) is 11.3. The molecule has 0 radical (unpaired) electrons. The number of ether oxygens (including phenoxy) is 2. The standard InChI is InChI=1S/C25H31FN6O6/c1-4-25(36,17-7-8-18(26)20(13-17)38-14-16-5-6-16)32-19(22(28-29-32)23(34)30(2)3)10-12-37-15-31-11-9-21(33)27-24(31)35/h7-9,11,13,16,36H,4-6,10,12,14-15H2,1-3H3,(H,27,33,35)/t25-/m0/s1. The van der Waals surface area contributed by atoms with Gasteiger partial charge in [0.15, 0.2) is 23.0 Å². The van der Waals surface area contributed by atoms with Crippen molar-refractivity contribution in [1.29, 1.82) is 0 Å². The number of nitrogens with zero attached hydrogens (tertiary/aromatic N) is 5. The van der Waals surface area contributed by atoms with Crippen LogP contribution in [-0.4, -0.2) is 67.8 Å². The highest BCUT2D eigenvalue weighted by atomic mass is 19.1. The first-order valence-electron chi connectivity index (χ1n) is 12.3. The SMILES string of the molecule is CC[C@](O)(c1ccc(F)c(OCC2CC2)c1)n1nnc(C(=O)N(C)C)c1CCOCn1ccc(=O)[nH]c1=O. The van der Waals surface area contributed by atoms with E-state index in [9.17, 15) is 23.9 Å². The molecule has 12 nitrogen and oxygen atoms in total. The van der Waals surface area contributed by atoms with Crippen molar-refractivity contribution < 1.29 is 23.8 Å². The van der Waals surface area contributed by atoms with Crippen molar-refractivity contribution in [3.63, 3.8) is 0 Å². The second-order valence-electron chi connectivity index (χ2n) is 9.43. The number of carbonyl (C=O) groups is 1. The molecule has 0 spiro atoms. The van der Waals surface area contributed by atoms with Crippen molar-refractivity contribution in [3.8, 4) is 5.75 Å². The lowest BCUT2D eigenvalue weighted by Crippen LogP contribution is -2.37. The molecule has 2 aromatic heterocycles. The first kappa shape index (κ1) is 27.2. The maximum atomic E-state index is 14.5. The van der Waals surface area contributed by atoms with Crippen LogP contribution in [0.25, 0.3) is 0 Å². The molecule has 1 saturated carbocycles. The van der Waals surface area contributed by atoms with Gasteiger partial charge >= 0.3 is 5.69 Å². The van der Waals surface area contributed by atoms with Gasteiger partial charge in [0.2, 0.25) is 0 Å². The van der Waals surface area contributed by atoms with Crippen molar-refractivity contribution in [2.75, 3.05) is 27.3 Å². The topological polar surface area (TPSA) is 145 Å². The average Bonchev–Trinajstić information content (AvgIpc) is 3.63. The van der Waals surface area contributed by atoms with Gasteiger partial charge in [-0.15, -0.1) is 5.10 Å². The Morgan fingerprint density at radius 2 is 2.05 bits per heavy atom. The third kappa shape index (κ3) is 5.83. The molecule has 0 bridgehead atoms. The van der Waals surface area contributed by atoms with Crippen LogP contribution in [0.4, 0.5) is 4.39 Å². The molecule has 2 N–H and O–H groups in total. The normalized spacial score (nSPS) is 14.8. The highest BCUT2D eigenvalue weighted by Crippen LogP contribution is 2.34. The van der Waals surface area contributed by atoms with Gasteiger partial charge in [0.1, 0.15) is 6.73 Å². The summed E-state index contributed by atoms with van der Waals surface area (Å²) in [6.07, 6.45) is 3.63. The van der Waals surface area contributed by atoms with Crippen LogP contribution in [0, 0.1) is 11.7 Å². The smallest absolute Gasteiger partial charge is 0.330 e. The molecule has 1 amide bonds. The molecule has 3 aromatic rings. The molecule has 0 saturated heterocycles. The average molecular weight is 531 g/mol. The largest absolute Gasteiger partial charge is 0.490 e. The summed E-state index contributed by atoms with van der Waals surface area (Å²) >= 11 is 0. The van der Waals surface area contributed by atoms with Crippen molar-refractivity contribution >= 4 is 5.91 Å². The van der Waals surface area contributed by atoms with Gasteiger partial charge in [-0.25, -0.2) is 13.9 Å². The molecule has 204 valence electrons. The number of hydrogen-bond donors (Lipinski definition) is 2. The lowest BCUT2D eigenvalue weighted by Gasteiger charge is -2.29. The summed E-state index contributed by atoms with van der Waals surface area (Å²) in [5.74, 6) is -0.519. The summed E-state index contributed by atoms with van der Waals surface area (Å²) in [5.41, 5.74) is -2.26. The molecule has 38 heavy (non-hydrogen) atoms. The Hall–Kier alpha value is -3.84. The fourth-order valence-corrected chi connectivity index (χ4v) is 3.91. The van der Waals surface area contributed by atoms with Crippen molar-refractivity contribution in [3.05, 3.63) is 74.1 Å². The number of amides is 1. The van der Waals surface area contributed by atoms with Gasteiger partial charge in [0.05, 0.1) is 18.9 Å². The summed E-state index contributed by atoms with van der Waals surface area (Å²) in [7, 11) is 3.14. The van der Waals surface area contributed by atoms with E-state index in [4.69, 9.17) is 9.47 Å². The highest BCUT2D eigenvalue weighted by molar-refractivity contribution is 5.93. The van der Waals surface area contributed by atoms with E-state index in [1.165, 1.54) is 44.6 Å². The Balaban J connectivity index is 1.62. The van der Waals surface area contributed by atoms with E-state index < -0.39 is 28.7 Å². The number of nitrogens with one attached hydrogen (secondary N) is 1. The summed E-state index contributed by atoms with van der Waals surface area (Å²) in [6, 6.07) is 5.32. The van der Waals surface area contributed by atoms with Gasteiger partial charge in [-0.3, -0.25) is 19.1 Å². The molecule has 1 atom stereocenters. The van der Waals surface area contributed by atoms with Crippen LogP contribution in [-0.2, 0) is 23.6 Å². The van der Waals surface area contributed by atoms with E-state index in [0.717, 1.165) is 12.8 Å². The quantitative estimate of drug-likeness (QED) is 0.331. The maximum absolute atomic E-state index is 14.5. The third-order valence-electron chi connectivity index (χ3n) is 6.39. The third-order valence-corrected chi connectivity index (χ3v) is 6.39. The predicted octanol–water partition coefficient (Wildman–Crippen LogP) is 1.08. The molecule has 13 heteroatoms. The number of H-pyrrole nitrogens is 1. The maximum Gasteiger partial charge on any atom is 0.330 e. The molecule has 0 aliphatic heterocycles. The monoisotopic (exact) mass is 530 g/mol. The molecule has 0 unspecified atom stereocenters. The Bertz CT molecular complexity index is 1410.